The lowest BCUT2D eigenvalue weighted by molar-refractivity contribution is -0.0277. The minimum atomic E-state index is -0.115. The predicted octanol–water partition coefficient (Wildman–Crippen LogP) is 1.81. The van der Waals surface area contributed by atoms with Crippen LogP contribution in [0.15, 0.2) is 0 Å². The van der Waals surface area contributed by atoms with Gasteiger partial charge in [0.1, 0.15) is 0 Å². The van der Waals surface area contributed by atoms with Crippen molar-refractivity contribution in [2.45, 2.75) is 39.4 Å². The highest BCUT2D eigenvalue weighted by molar-refractivity contribution is 7.15. The van der Waals surface area contributed by atoms with E-state index in [0.717, 1.165) is 41.8 Å². The molecule has 0 bridgehead atoms. The number of hydrogen-bond acceptors (Lipinski definition) is 5. The third-order valence-corrected chi connectivity index (χ3v) is 4.08. The zero-order chi connectivity index (χ0) is 12.5. The van der Waals surface area contributed by atoms with E-state index in [-0.39, 0.29) is 12.2 Å². The highest BCUT2D eigenvalue weighted by atomic mass is 32.1. The molecule has 1 fully saturated rings. The van der Waals surface area contributed by atoms with Crippen molar-refractivity contribution in [1.82, 2.24) is 4.98 Å². The maximum Gasteiger partial charge on any atom is 0.186 e. The third kappa shape index (κ3) is 2.78. The maximum atomic E-state index is 9.29. The van der Waals surface area contributed by atoms with E-state index >= 15 is 0 Å². The van der Waals surface area contributed by atoms with Crippen LogP contribution in [0.3, 0.4) is 0 Å². The van der Waals surface area contributed by atoms with Gasteiger partial charge in [-0.2, -0.15) is 0 Å². The topological polar surface area (TPSA) is 45.6 Å². The summed E-state index contributed by atoms with van der Waals surface area (Å²) in [6.07, 6.45) is 0.875. The zero-order valence-electron chi connectivity index (χ0n) is 10.7. The molecule has 0 aliphatic carbocycles. The molecular formula is C12H20N2O2S. The van der Waals surface area contributed by atoms with Gasteiger partial charge >= 0.3 is 0 Å². The fourth-order valence-corrected chi connectivity index (χ4v) is 3.12. The molecule has 0 unspecified atom stereocenters. The van der Waals surface area contributed by atoms with E-state index in [1.165, 1.54) is 0 Å². The molecule has 17 heavy (non-hydrogen) atoms. The fourth-order valence-electron chi connectivity index (χ4n) is 2.08. The van der Waals surface area contributed by atoms with Gasteiger partial charge in [0.2, 0.25) is 0 Å². The van der Waals surface area contributed by atoms with Crippen LogP contribution in [0, 0.1) is 0 Å². The largest absolute Gasteiger partial charge is 0.391 e. The molecule has 1 N–H and O–H groups in total. The Morgan fingerprint density at radius 2 is 2.29 bits per heavy atom. The maximum absolute atomic E-state index is 9.29. The lowest BCUT2D eigenvalue weighted by Gasteiger charge is -2.38. The molecule has 1 saturated heterocycles. The Kier molecular flexibility index (Phi) is 3.70. The van der Waals surface area contributed by atoms with Crippen LogP contribution in [0.1, 0.15) is 31.3 Å². The Hall–Kier alpha value is -0.650. The van der Waals surface area contributed by atoms with Crippen molar-refractivity contribution in [2.24, 2.45) is 0 Å². The van der Waals surface area contributed by atoms with Gasteiger partial charge in [-0.3, -0.25) is 0 Å². The van der Waals surface area contributed by atoms with Gasteiger partial charge in [0.15, 0.2) is 5.13 Å². The lowest BCUT2D eigenvalue weighted by atomic mass is 10.1. The summed E-state index contributed by atoms with van der Waals surface area (Å²) in [4.78, 5) is 7.87. The van der Waals surface area contributed by atoms with Crippen molar-refractivity contribution in [2.75, 3.05) is 24.6 Å². The molecule has 0 amide bonds. The van der Waals surface area contributed by atoms with Crippen molar-refractivity contribution in [3.63, 3.8) is 0 Å². The Bertz CT molecular complexity index is 368. The number of thiazole rings is 1. The van der Waals surface area contributed by atoms with E-state index in [2.05, 4.69) is 30.7 Å². The number of aryl methyl sites for hydroxylation is 1. The first-order valence-electron chi connectivity index (χ1n) is 6.04. The molecule has 0 spiro atoms. The first-order valence-corrected chi connectivity index (χ1v) is 6.85. The minimum Gasteiger partial charge on any atom is -0.391 e. The Balaban J connectivity index is 2.19. The van der Waals surface area contributed by atoms with Crippen molar-refractivity contribution >= 4 is 16.5 Å². The van der Waals surface area contributed by atoms with Crippen LogP contribution in [-0.4, -0.2) is 35.4 Å². The molecule has 2 heterocycles. The molecule has 0 radical (unpaired) electrons. The average molecular weight is 256 g/mol. The molecule has 0 atom stereocenters. The summed E-state index contributed by atoms with van der Waals surface area (Å²) in [6.45, 7) is 8.83. The second-order valence-corrected chi connectivity index (χ2v) is 5.97. The van der Waals surface area contributed by atoms with Crippen molar-refractivity contribution in [3.8, 4) is 0 Å². The Morgan fingerprint density at radius 3 is 2.82 bits per heavy atom. The Labute approximate surface area is 106 Å². The van der Waals surface area contributed by atoms with Crippen LogP contribution in [0.2, 0.25) is 0 Å². The number of morpholine rings is 1. The highest BCUT2D eigenvalue weighted by Gasteiger charge is 2.29. The van der Waals surface area contributed by atoms with Crippen LogP contribution in [0.25, 0.3) is 0 Å². The summed E-state index contributed by atoms with van der Waals surface area (Å²) in [5.74, 6) is 0. The van der Waals surface area contributed by atoms with Gasteiger partial charge in [-0.05, 0) is 20.3 Å². The van der Waals surface area contributed by atoms with Gasteiger partial charge in [0.25, 0.3) is 0 Å². The van der Waals surface area contributed by atoms with Gasteiger partial charge in [-0.1, -0.05) is 18.3 Å². The third-order valence-electron chi connectivity index (χ3n) is 2.94. The summed E-state index contributed by atoms with van der Waals surface area (Å²) in [5.41, 5.74) is 0.909. The van der Waals surface area contributed by atoms with E-state index in [4.69, 9.17) is 4.74 Å². The molecule has 1 aromatic rings. The van der Waals surface area contributed by atoms with E-state index < -0.39 is 0 Å². The molecule has 1 aliphatic rings. The number of aliphatic hydroxyl groups excluding tert-OH is 1. The molecule has 0 saturated carbocycles. The molecule has 5 heteroatoms. The molecule has 4 nitrogen and oxygen atoms in total. The van der Waals surface area contributed by atoms with Crippen LogP contribution in [-0.2, 0) is 17.8 Å². The number of rotatable bonds is 3. The van der Waals surface area contributed by atoms with Crippen molar-refractivity contribution in [1.29, 1.82) is 0 Å². The number of aliphatic hydroxyl groups is 1. The number of hydrogen-bond donors (Lipinski definition) is 1. The van der Waals surface area contributed by atoms with Crippen LogP contribution < -0.4 is 4.90 Å². The monoisotopic (exact) mass is 256 g/mol. The first kappa shape index (κ1) is 12.8. The smallest absolute Gasteiger partial charge is 0.186 e. The number of nitrogens with zero attached hydrogens (tertiary/aromatic N) is 2. The second-order valence-electron chi connectivity index (χ2n) is 4.91. The van der Waals surface area contributed by atoms with Gasteiger partial charge in [-0.15, -0.1) is 0 Å². The number of ether oxygens (including phenoxy) is 1. The van der Waals surface area contributed by atoms with Crippen molar-refractivity contribution in [3.05, 3.63) is 10.6 Å². The average Bonchev–Trinajstić information content (AvgIpc) is 2.70. The molecule has 2 rings (SSSR count). The number of aromatic nitrogens is 1. The summed E-state index contributed by atoms with van der Waals surface area (Å²) < 4.78 is 5.69. The summed E-state index contributed by atoms with van der Waals surface area (Å²) in [5, 5.41) is 10.3. The van der Waals surface area contributed by atoms with Crippen molar-refractivity contribution < 1.29 is 9.84 Å². The lowest BCUT2D eigenvalue weighted by Crippen LogP contribution is -2.48. The van der Waals surface area contributed by atoms with E-state index in [9.17, 15) is 5.11 Å². The normalized spacial score (nSPS) is 19.6. The number of anilines is 1. The van der Waals surface area contributed by atoms with Crippen LogP contribution in [0.4, 0.5) is 5.13 Å². The van der Waals surface area contributed by atoms with E-state index in [0.29, 0.717) is 0 Å². The summed E-state index contributed by atoms with van der Waals surface area (Å²) in [7, 11) is 0. The summed E-state index contributed by atoms with van der Waals surface area (Å²) in [6, 6.07) is 0. The Morgan fingerprint density at radius 1 is 1.53 bits per heavy atom. The molecule has 1 aromatic heterocycles. The van der Waals surface area contributed by atoms with Crippen LogP contribution in [0.5, 0.6) is 0 Å². The fraction of sp³-hybridized carbons (Fsp3) is 0.750. The summed E-state index contributed by atoms with van der Waals surface area (Å²) >= 11 is 1.60. The van der Waals surface area contributed by atoms with Crippen LogP contribution >= 0.6 is 11.3 Å². The molecular weight excluding hydrogens is 236 g/mol. The predicted molar refractivity (Wildman–Crippen MR) is 69.7 cm³/mol. The second kappa shape index (κ2) is 4.92. The first-order chi connectivity index (χ1) is 8.05. The van der Waals surface area contributed by atoms with Gasteiger partial charge in [0.05, 0.1) is 29.4 Å². The van der Waals surface area contributed by atoms with Gasteiger partial charge in [0, 0.05) is 13.1 Å². The van der Waals surface area contributed by atoms with Gasteiger partial charge in [-0.25, -0.2) is 4.98 Å². The quantitative estimate of drug-likeness (QED) is 0.896. The molecule has 0 aromatic carbocycles. The standard InChI is InChI=1S/C12H20N2O2S/c1-4-9-10(7-15)17-11(13-9)14-5-6-16-12(2,3)8-14/h15H,4-8H2,1-3H3. The van der Waals surface area contributed by atoms with E-state index in [1.807, 2.05) is 0 Å². The minimum absolute atomic E-state index is 0.0918. The molecule has 96 valence electrons. The highest BCUT2D eigenvalue weighted by Crippen LogP contribution is 2.30. The van der Waals surface area contributed by atoms with E-state index in [1.54, 1.807) is 11.3 Å². The van der Waals surface area contributed by atoms with Gasteiger partial charge < -0.3 is 14.7 Å². The zero-order valence-corrected chi connectivity index (χ0v) is 11.5. The molecule has 1 aliphatic heterocycles. The SMILES string of the molecule is CCc1nc(N2CCOC(C)(C)C2)sc1CO.